The van der Waals surface area contributed by atoms with Crippen LogP contribution in [0.5, 0.6) is 0 Å². The largest absolute Gasteiger partial charge is 0.480 e. The molecule has 0 aromatic heterocycles. The van der Waals surface area contributed by atoms with Crippen molar-refractivity contribution in [3.05, 3.63) is 12.2 Å². The Morgan fingerprint density at radius 1 is 1.54 bits per heavy atom. The van der Waals surface area contributed by atoms with E-state index in [0.717, 1.165) is 12.8 Å². The summed E-state index contributed by atoms with van der Waals surface area (Å²) < 4.78 is 0. The predicted octanol–water partition coefficient (Wildman–Crippen LogP) is 0.638. The summed E-state index contributed by atoms with van der Waals surface area (Å²) in [6.07, 6.45) is 4.88. The van der Waals surface area contributed by atoms with Crippen LogP contribution in [0.25, 0.3) is 0 Å². The molecule has 0 unspecified atom stereocenters. The Hall–Kier alpha value is -1.32. The van der Waals surface area contributed by atoms with E-state index < -0.39 is 5.97 Å². The number of hydrogen-bond acceptors (Lipinski definition) is 2. The van der Waals surface area contributed by atoms with Crippen molar-refractivity contribution in [3.63, 3.8) is 0 Å². The Kier molecular flexibility index (Phi) is 3.06. The van der Waals surface area contributed by atoms with Gasteiger partial charge in [0.15, 0.2) is 0 Å². The van der Waals surface area contributed by atoms with Crippen LogP contribution < -0.4 is 0 Å². The third-order valence-electron chi connectivity index (χ3n) is 1.89. The Bertz CT molecular complexity index is 243. The fourth-order valence-electron chi connectivity index (χ4n) is 1.16. The van der Waals surface area contributed by atoms with E-state index in [2.05, 4.69) is 0 Å². The Labute approximate surface area is 76.8 Å². The van der Waals surface area contributed by atoms with Crippen molar-refractivity contribution in [2.45, 2.75) is 25.8 Å². The van der Waals surface area contributed by atoms with Gasteiger partial charge in [-0.25, -0.2) is 0 Å². The van der Waals surface area contributed by atoms with Gasteiger partial charge >= 0.3 is 5.97 Å². The van der Waals surface area contributed by atoms with E-state index in [4.69, 9.17) is 5.11 Å². The van der Waals surface area contributed by atoms with Crippen molar-refractivity contribution in [2.24, 2.45) is 0 Å². The summed E-state index contributed by atoms with van der Waals surface area (Å²) >= 11 is 0. The van der Waals surface area contributed by atoms with Crippen LogP contribution in [0.3, 0.4) is 0 Å². The van der Waals surface area contributed by atoms with E-state index in [-0.39, 0.29) is 18.5 Å². The van der Waals surface area contributed by atoms with Gasteiger partial charge in [-0.05, 0) is 25.8 Å². The Balaban J connectivity index is 2.55. The first-order valence-electron chi connectivity index (χ1n) is 4.30. The zero-order valence-electron chi connectivity index (χ0n) is 7.56. The minimum absolute atomic E-state index is 0.153. The average Bonchev–Trinajstić information content (AvgIpc) is 2.82. The first-order valence-corrected chi connectivity index (χ1v) is 4.30. The minimum atomic E-state index is -0.954. The molecule has 1 aliphatic rings. The van der Waals surface area contributed by atoms with Gasteiger partial charge in [0.25, 0.3) is 0 Å². The van der Waals surface area contributed by atoms with Crippen molar-refractivity contribution in [1.82, 2.24) is 4.90 Å². The zero-order valence-corrected chi connectivity index (χ0v) is 7.56. The molecule has 0 saturated heterocycles. The average molecular weight is 183 g/mol. The molecule has 1 saturated carbocycles. The minimum Gasteiger partial charge on any atom is -0.480 e. The molecule has 0 atom stereocenters. The maximum Gasteiger partial charge on any atom is 0.323 e. The molecular formula is C9H13NO3. The number of rotatable bonds is 4. The highest BCUT2D eigenvalue weighted by Gasteiger charge is 2.32. The highest BCUT2D eigenvalue weighted by molar-refractivity contribution is 5.90. The monoisotopic (exact) mass is 183 g/mol. The van der Waals surface area contributed by atoms with Gasteiger partial charge in [0.2, 0.25) is 5.91 Å². The van der Waals surface area contributed by atoms with Gasteiger partial charge in [0, 0.05) is 6.04 Å². The molecule has 4 nitrogen and oxygen atoms in total. The smallest absolute Gasteiger partial charge is 0.323 e. The number of carbonyl (C=O) groups excluding carboxylic acids is 1. The second kappa shape index (κ2) is 4.07. The van der Waals surface area contributed by atoms with Crippen LogP contribution in [0.1, 0.15) is 19.8 Å². The first kappa shape index (κ1) is 9.77. The normalized spacial score (nSPS) is 16.1. The van der Waals surface area contributed by atoms with Gasteiger partial charge in [-0.2, -0.15) is 0 Å². The number of amides is 1. The van der Waals surface area contributed by atoms with Gasteiger partial charge in [0.1, 0.15) is 6.54 Å². The second-order valence-corrected chi connectivity index (χ2v) is 3.09. The van der Waals surface area contributed by atoms with Crippen molar-refractivity contribution < 1.29 is 14.7 Å². The maximum absolute atomic E-state index is 11.3. The van der Waals surface area contributed by atoms with E-state index in [1.807, 2.05) is 0 Å². The molecule has 1 N–H and O–H groups in total. The van der Waals surface area contributed by atoms with Crippen LogP contribution in [0.15, 0.2) is 12.2 Å². The Morgan fingerprint density at radius 2 is 2.15 bits per heavy atom. The van der Waals surface area contributed by atoms with Crippen LogP contribution in [0, 0.1) is 0 Å². The number of allylic oxidation sites excluding steroid dienone is 1. The predicted molar refractivity (Wildman–Crippen MR) is 47.2 cm³/mol. The van der Waals surface area contributed by atoms with Crippen LogP contribution in [-0.2, 0) is 9.59 Å². The van der Waals surface area contributed by atoms with E-state index in [9.17, 15) is 9.59 Å². The highest BCUT2D eigenvalue weighted by atomic mass is 16.4. The summed E-state index contributed by atoms with van der Waals surface area (Å²) in [4.78, 5) is 23.2. The van der Waals surface area contributed by atoms with Crippen LogP contribution >= 0.6 is 0 Å². The van der Waals surface area contributed by atoms with Gasteiger partial charge in [0.05, 0.1) is 0 Å². The Morgan fingerprint density at radius 3 is 2.54 bits per heavy atom. The van der Waals surface area contributed by atoms with Crippen molar-refractivity contribution >= 4 is 11.9 Å². The molecule has 1 fully saturated rings. The molecule has 72 valence electrons. The molecule has 0 aromatic carbocycles. The third kappa shape index (κ3) is 2.89. The number of nitrogens with zero attached hydrogens (tertiary/aromatic N) is 1. The number of aliphatic carboxylic acids is 1. The highest BCUT2D eigenvalue weighted by Crippen LogP contribution is 2.26. The van der Waals surface area contributed by atoms with Crippen LogP contribution in [-0.4, -0.2) is 34.5 Å². The summed E-state index contributed by atoms with van der Waals surface area (Å²) in [5, 5.41) is 8.56. The lowest BCUT2D eigenvalue weighted by molar-refractivity contribution is -0.143. The van der Waals surface area contributed by atoms with Crippen LogP contribution in [0.2, 0.25) is 0 Å². The third-order valence-corrected chi connectivity index (χ3v) is 1.89. The van der Waals surface area contributed by atoms with Crippen molar-refractivity contribution in [1.29, 1.82) is 0 Å². The number of hydrogen-bond donors (Lipinski definition) is 1. The quantitative estimate of drug-likeness (QED) is 0.650. The molecule has 0 spiro atoms. The molecule has 1 rings (SSSR count). The number of carbonyl (C=O) groups is 2. The second-order valence-electron chi connectivity index (χ2n) is 3.09. The molecule has 1 aliphatic carbocycles. The van der Waals surface area contributed by atoms with Crippen molar-refractivity contribution in [3.8, 4) is 0 Å². The number of carboxylic acid groups (broad SMARTS) is 1. The fourth-order valence-corrected chi connectivity index (χ4v) is 1.16. The lowest BCUT2D eigenvalue weighted by Crippen LogP contribution is -2.36. The molecule has 0 aliphatic heterocycles. The summed E-state index contributed by atoms with van der Waals surface area (Å²) in [6, 6.07) is 0.153. The topological polar surface area (TPSA) is 57.6 Å². The van der Waals surface area contributed by atoms with E-state index in [1.165, 1.54) is 11.0 Å². The first-order chi connectivity index (χ1) is 6.15. The van der Waals surface area contributed by atoms with E-state index >= 15 is 0 Å². The molecule has 0 radical (unpaired) electrons. The molecular weight excluding hydrogens is 170 g/mol. The lowest BCUT2D eigenvalue weighted by Gasteiger charge is -2.17. The SMILES string of the molecule is CC=CC(=O)N(CC(=O)O)C1CC1. The molecule has 13 heavy (non-hydrogen) atoms. The summed E-state index contributed by atoms with van der Waals surface area (Å²) in [7, 11) is 0. The zero-order chi connectivity index (χ0) is 9.84. The van der Waals surface area contributed by atoms with Gasteiger partial charge in [-0.1, -0.05) is 6.08 Å². The lowest BCUT2D eigenvalue weighted by atomic mass is 10.4. The molecule has 0 aromatic rings. The molecule has 0 bridgehead atoms. The van der Waals surface area contributed by atoms with Crippen molar-refractivity contribution in [2.75, 3.05) is 6.54 Å². The van der Waals surface area contributed by atoms with Gasteiger partial charge < -0.3 is 10.0 Å². The fraction of sp³-hybridized carbons (Fsp3) is 0.556. The van der Waals surface area contributed by atoms with E-state index in [0.29, 0.717) is 0 Å². The maximum atomic E-state index is 11.3. The summed E-state index contributed by atoms with van der Waals surface area (Å²) in [5.41, 5.74) is 0. The molecule has 1 amide bonds. The standard InChI is InChI=1S/C9H13NO3/c1-2-3-8(11)10(6-9(12)13)7-4-5-7/h2-3,7H,4-6H2,1H3,(H,12,13). The summed E-state index contributed by atoms with van der Waals surface area (Å²) in [5.74, 6) is -1.16. The molecule has 0 heterocycles. The van der Waals surface area contributed by atoms with Gasteiger partial charge in [-0.3, -0.25) is 9.59 Å². The summed E-state index contributed by atoms with van der Waals surface area (Å²) in [6.45, 7) is 1.55. The van der Waals surface area contributed by atoms with E-state index in [1.54, 1.807) is 13.0 Å². The molecule has 4 heteroatoms. The number of carboxylic acids is 1. The van der Waals surface area contributed by atoms with Crippen LogP contribution in [0.4, 0.5) is 0 Å². The van der Waals surface area contributed by atoms with Gasteiger partial charge in [-0.15, -0.1) is 0 Å².